The Bertz CT molecular complexity index is 1030. The Kier molecular flexibility index (Phi) is 4.55. The molecule has 0 saturated carbocycles. The molecule has 0 amide bonds. The highest BCUT2D eigenvalue weighted by Gasteiger charge is 2.08. The normalized spacial score (nSPS) is 11.3. The molecule has 0 saturated heterocycles. The maximum absolute atomic E-state index is 4.81. The van der Waals surface area contributed by atoms with Crippen molar-refractivity contribution in [1.82, 2.24) is 4.98 Å². The number of para-hydroxylation sites is 1. The van der Waals surface area contributed by atoms with Crippen molar-refractivity contribution in [2.45, 2.75) is 0 Å². The first kappa shape index (κ1) is 16.6. The van der Waals surface area contributed by atoms with Gasteiger partial charge in [-0.1, -0.05) is 60.7 Å². The second kappa shape index (κ2) is 7.14. The van der Waals surface area contributed by atoms with E-state index in [0.717, 1.165) is 10.5 Å². The fraction of sp³-hybridized carbons (Fsp3) is 0.0870. The summed E-state index contributed by atoms with van der Waals surface area (Å²) in [5.74, 6) is 0. The van der Waals surface area contributed by atoms with E-state index in [0.29, 0.717) is 0 Å². The lowest BCUT2D eigenvalue weighted by molar-refractivity contribution is 1.13. The van der Waals surface area contributed by atoms with Gasteiger partial charge in [-0.15, -0.1) is 11.3 Å². The average Bonchev–Trinajstić information content (AvgIpc) is 3.11. The maximum atomic E-state index is 4.81. The van der Waals surface area contributed by atoms with Gasteiger partial charge in [0.1, 0.15) is 5.01 Å². The number of hydrogen-bond acceptors (Lipinski definition) is 3. The number of aromatic nitrogens is 1. The zero-order valence-electron chi connectivity index (χ0n) is 14.9. The van der Waals surface area contributed by atoms with Crippen molar-refractivity contribution in [1.29, 1.82) is 0 Å². The van der Waals surface area contributed by atoms with Crippen LogP contribution < -0.4 is 4.90 Å². The van der Waals surface area contributed by atoms with Crippen molar-refractivity contribution >= 4 is 39.4 Å². The van der Waals surface area contributed by atoms with Crippen molar-refractivity contribution in [3.05, 3.63) is 83.9 Å². The second-order valence-electron chi connectivity index (χ2n) is 6.39. The molecule has 0 unspecified atom stereocenters. The van der Waals surface area contributed by atoms with Crippen LogP contribution in [0.1, 0.15) is 11.1 Å². The Labute approximate surface area is 158 Å². The zero-order chi connectivity index (χ0) is 17.9. The molecule has 2 nitrogen and oxygen atoms in total. The molecule has 0 aliphatic heterocycles. The molecule has 0 N–H and O–H groups in total. The summed E-state index contributed by atoms with van der Waals surface area (Å²) in [6.07, 6.45) is 4.33. The van der Waals surface area contributed by atoms with E-state index in [2.05, 4.69) is 97.9 Å². The van der Waals surface area contributed by atoms with Gasteiger partial charge in [-0.3, -0.25) is 0 Å². The van der Waals surface area contributed by atoms with Gasteiger partial charge < -0.3 is 4.90 Å². The summed E-state index contributed by atoms with van der Waals surface area (Å²) in [6.45, 7) is 0. The first-order valence-corrected chi connectivity index (χ1v) is 9.43. The lowest BCUT2D eigenvalue weighted by atomic mass is 10.1. The molecule has 0 aliphatic carbocycles. The predicted octanol–water partition coefficient (Wildman–Crippen LogP) is 6.20. The van der Waals surface area contributed by atoms with Crippen molar-refractivity contribution in [2.24, 2.45) is 0 Å². The van der Waals surface area contributed by atoms with Gasteiger partial charge in [0, 0.05) is 25.3 Å². The topological polar surface area (TPSA) is 16.1 Å². The quantitative estimate of drug-likeness (QED) is 0.405. The van der Waals surface area contributed by atoms with Crippen molar-refractivity contribution < 1.29 is 0 Å². The SMILES string of the molecule is CN(C)c1ccc(/C=C/c2ccccc2-c2nc3ccccc3s2)cc1. The molecule has 128 valence electrons. The third-order valence-corrected chi connectivity index (χ3v) is 5.42. The van der Waals surface area contributed by atoms with Crippen LogP contribution in [-0.4, -0.2) is 19.1 Å². The lowest BCUT2D eigenvalue weighted by Gasteiger charge is -2.11. The molecule has 1 aromatic heterocycles. The van der Waals surface area contributed by atoms with Crippen LogP contribution in [0, 0.1) is 0 Å². The molecule has 0 aliphatic rings. The predicted molar refractivity (Wildman–Crippen MR) is 115 cm³/mol. The van der Waals surface area contributed by atoms with Gasteiger partial charge in [0.15, 0.2) is 0 Å². The summed E-state index contributed by atoms with van der Waals surface area (Å²) >= 11 is 1.74. The van der Waals surface area contributed by atoms with Crippen molar-refractivity contribution in [2.75, 3.05) is 19.0 Å². The number of rotatable bonds is 4. The standard InChI is InChI=1S/C23H20N2S/c1-25(2)19-15-12-17(13-16-19)11-14-18-7-3-4-8-20(18)23-24-21-9-5-6-10-22(21)26-23/h3-16H,1-2H3/b14-11+. The Morgan fingerprint density at radius 1 is 0.808 bits per heavy atom. The molecule has 4 rings (SSSR count). The van der Waals surface area contributed by atoms with E-state index >= 15 is 0 Å². The molecule has 1 heterocycles. The summed E-state index contributed by atoms with van der Waals surface area (Å²) < 4.78 is 1.22. The molecular formula is C23H20N2S. The van der Waals surface area contributed by atoms with E-state index in [4.69, 9.17) is 4.98 Å². The Morgan fingerprint density at radius 2 is 1.54 bits per heavy atom. The molecular weight excluding hydrogens is 336 g/mol. The van der Waals surface area contributed by atoms with Gasteiger partial charge in [-0.25, -0.2) is 4.98 Å². The van der Waals surface area contributed by atoms with Crippen LogP contribution in [0.4, 0.5) is 5.69 Å². The Morgan fingerprint density at radius 3 is 2.31 bits per heavy atom. The Balaban J connectivity index is 1.67. The zero-order valence-corrected chi connectivity index (χ0v) is 15.7. The summed E-state index contributed by atoms with van der Waals surface area (Å²) in [6, 6.07) is 25.3. The van der Waals surface area contributed by atoms with E-state index in [1.807, 2.05) is 6.07 Å². The second-order valence-corrected chi connectivity index (χ2v) is 7.42. The fourth-order valence-electron chi connectivity index (χ4n) is 2.89. The highest BCUT2D eigenvalue weighted by atomic mass is 32.1. The van der Waals surface area contributed by atoms with E-state index in [1.54, 1.807) is 11.3 Å². The first-order chi connectivity index (χ1) is 12.7. The number of benzene rings is 3. The third-order valence-electron chi connectivity index (χ3n) is 4.35. The van der Waals surface area contributed by atoms with Gasteiger partial charge in [-0.2, -0.15) is 0 Å². The highest BCUT2D eigenvalue weighted by molar-refractivity contribution is 7.21. The molecule has 0 atom stereocenters. The van der Waals surface area contributed by atoms with Gasteiger partial charge in [0.25, 0.3) is 0 Å². The monoisotopic (exact) mass is 356 g/mol. The van der Waals surface area contributed by atoms with E-state index in [9.17, 15) is 0 Å². The van der Waals surface area contributed by atoms with Crippen molar-refractivity contribution in [3.63, 3.8) is 0 Å². The minimum Gasteiger partial charge on any atom is -0.378 e. The molecule has 0 spiro atoms. The third kappa shape index (κ3) is 3.39. The number of fused-ring (bicyclic) bond motifs is 1. The van der Waals surface area contributed by atoms with Crippen LogP contribution in [0.25, 0.3) is 32.9 Å². The molecule has 26 heavy (non-hydrogen) atoms. The van der Waals surface area contributed by atoms with Crippen LogP contribution in [-0.2, 0) is 0 Å². The summed E-state index contributed by atoms with van der Waals surface area (Å²) in [4.78, 5) is 6.92. The average molecular weight is 356 g/mol. The van der Waals surface area contributed by atoms with Crippen LogP contribution in [0.5, 0.6) is 0 Å². The summed E-state index contributed by atoms with van der Waals surface area (Å²) in [7, 11) is 4.11. The van der Waals surface area contributed by atoms with Crippen LogP contribution in [0.2, 0.25) is 0 Å². The van der Waals surface area contributed by atoms with E-state index in [1.165, 1.54) is 27.1 Å². The van der Waals surface area contributed by atoms with Gasteiger partial charge >= 0.3 is 0 Å². The number of nitrogens with zero attached hydrogens (tertiary/aromatic N) is 2. The van der Waals surface area contributed by atoms with Gasteiger partial charge in [-0.05, 0) is 35.4 Å². The molecule has 4 aromatic rings. The highest BCUT2D eigenvalue weighted by Crippen LogP contribution is 2.32. The number of hydrogen-bond donors (Lipinski definition) is 0. The lowest BCUT2D eigenvalue weighted by Crippen LogP contribution is -2.07. The number of anilines is 1. The van der Waals surface area contributed by atoms with E-state index in [-0.39, 0.29) is 0 Å². The molecule has 3 heteroatoms. The summed E-state index contributed by atoms with van der Waals surface area (Å²) in [5, 5.41) is 1.06. The Hall–Kier alpha value is -2.91. The maximum Gasteiger partial charge on any atom is 0.125 e. The van der Waals surface area contributed by atoms with Gasteiger partial charge in [0.05, 0.1) is 10.2 Å². The molecule has 3 aromatic carbocycles. The largest absolute Gasteiger partial charge is 0.378 e. The minimum absolute atomic E-state index is 1.06. The first-order valence-electron chi connectivity index (χ1n) is 8.61. The molecule has 0 radical (unpaired) electrons. The van der Waals surface area contributed by atoms with Crippen LogP contribution in [0.3, 0.4) is 0 Å². The minimum atomic E-state index is 1.06. The van der Waals surface area contributed by atoms with Gasteiger partial charge in [0.2, 0.25) is 0 Å². The fourth-order valence-corrected chi connectivity index (χ4v) is 3.91. The van der Waals surface area contributed by atoms with Crippen LogP contribution in [0.15, 0.2) is 72.8 Å². The van der Waals surface area contributed by atoms with Crippen LogP contribution >= 0.6 is 11.3 Å². The smallest absolute Gasteiger partial charge is 0.125 e. The molecule has 0 bridgehead atoms. The molecule has 0 fully saturated rings. The summed E-state index contributed by atoms with van der Waals surface area (Å²) in [5.41, 5.74) is 5.82. The number of thiazole rings is 1. The van der Waals surface area contributed by atoms with E-state index < -0.39 is 0 Å². The van der Waals surface area contributed by atoms with Crippen molar-refractivity contribution in [3.8, 4) is 10.6 Å².